The number of nitro groups is 1. The number of anilines is 1. The Morgan fingerprint density at radius 2 is 1.80 bits per heavy atom. The van der Waals surface area contributed by atoms with Crippen molar-refractivity contribution in [2.45, 2.75) is 32.4 Å². The summed E-state index contributed by atoms with van der Waals surface area (Å²) in [6.45, 7) is 9.49. The van der Waals surface area contributed by atoms with Crippen molar-refractivity contribution in [2.75, 3.05) is 24.5 Å². The van der Waals surface area contributed by atoms with Crippen LogP contribution in [0.5, 0.6) is 11.5 Å². The number of amides is 2. The Balaban J connectivity index is 1.65. The molecule has 2 heterocycles. The Labute approximate surface area is 233 Å². The van der Waals surface area contributed by atoms with Crippen molar-refractivity contribution in [3.63, 3.8) is 0 Å². The first-order valence-corrected chi connectivity index (χ1v) is 12.4. The first-order valence-electron chi connectivity index (χ1n) is 12.4. The number of ether oxygens (including phenoxy) is 2. The predicted octanol–water partition coefficient (Wildman–Crippen LogP) is 4.56. The first kappa shape index (κ1) is 29.0. The van der Waals surface area contributed by atoms with Gasteiger partial charge in [0.25, 0.3) is 5.91 Å². The van der Waals surface area contributed by atoms with E-state index in [1.54, 1.807) is 25.7 Å². The Morgan fingerprint density at radius 3 is 2.34 bits per heavy atom. The zero-order chi connectivity index (χ0) is 30.1. The summed E-state index contributed by atoms with van der Waals surface area (Å²) in [7, 11) is 0. The molecule has 216 valence electrons. The Bertz CT molecular complexity index is 1500. The normalized spacial score (nSPS) is 13.3. The fraction of sp³-hybridized carbons (Fsp3) is 0.296. The van der Waals surface area contributed by atoms with Crippen LogP contribution in [-0.2, 0) is 4.74 Å². The van der Waals surface area contributed by atoms with Gasteiger partial charge in [-0.15, -0.1) is 11.7 Å². The number of aromatic nitrogens is 2. The van der Waals surface area contributed by atoms with E-state index in [4.69, 9.17) is 15.2 Å². The molecule has 1 aliphatic heterocycles. The van der Waals surface area contributed by atoms with E-state index in [1.807, 2.05) is 0 Å². The van der Waals surface area contributed by atoms with Gasteiger partial charge in [0.1, 0.15) is 17.1 Å². The van der Waals surface area contributed by atoms with E-state index in [2.05, 4.69) is 11.7 Å². The summed E-state index contributed by atoms with van der Waals surface area (Å²) in [5, 5.41) is 16.6. The third-order valence-corrected chi connectivity index (χ3v) is 6.02. The molecule has 41 heavy (non-hydrogen) atoms. The lowest BCUT2D eigenvalue weighted by molar-refractivity contribution is -0.384. The molecule has 2 N–H and O–H groups in total. The zero-order valence-electron chi connectivity index (χ0n) is 22.5. The molecule has 4 rings (SSSR count). The van der Waals surface area contributed by atoms with Gasteiger partial charge in [-0.2, -0.15) is 0 Å². The maximum Gasteiger partial charge on any atom is 0.410 e. The number of halogens is 2. The van der Waals surface area contributed by atoms with E-state index >= 15 is 0 Å². The summed E-state index contributed by atoms with van der Waals surface area (Å²) in [5.41, 5.74) is 4.07. The summed E-state index contributed by atoms with van der Waals surface area (Å²) in [6, 6.07) is 8.53. The first-order chi connectivity index (χ1) is 19.3. The minimum atomic E-state index is -1.08. The van der Waals surface area contributed by atoms with Crippen LogP contribution in [0, 0.1) is 21.7 Å². The lowest BCUT2D eigenvalue weighted by Gasteiger charge is -2.44. The van der Waals surface area contributed by atoms with Crippen molar-refractivity contribution in [2.24, 2.45) is 5.73 Å². The topological polar surface area (TPSA) is 146 Å². The number of rotatable bonds is 9. The summed E-state index contributed by atoms with van der Waals surface area (Å²) in [6.07, 6.45) is 1.00. The van der Waals surface area contributed by atoms with Gasteiger partial charge in [0.05, 0.1) is 16.7 Å². The van der Waals surface area contributed by atoms with Crippen molar-refractivity contribution < 1.29 is 32.8 Å². The van der Waals surface area contributed by atoms with Crippen LogP contribution in [0.2, 0.25) is 0 Å². The molecule has 1 saturated heterocycles. The van der Waals surface area contributed by atoms with Crippen LogP contribution in [-0.4, -0.2) is 62.9 Å². The fourth-order valence-corrected chi connectivity index (χ4v) is 4.18. The highest BCUT2D eigenvalue weighted by molar-refractivity contribution is 5.98. The molecule has 1 fully saturated rings. The molecule has 0 bridgehead atoms. The lowest BCUT2D eigenvalue weighted by atomic mass is 10.1. The van der Waals surface area contributed by atoms with Crippen molar-refractivity contribution >= 4 is 23.5 Å². The van der Waals surface area contributed by atoms with Gasteiger partial charge in [-0.05, 0) is 57.2 Å². The number of carbonyl (C=O) groups is 2. The molecular weight excluding hydrogens is 542 g/mol. The smallest absolute Gasteiger partial charge is 0.410 e. The number of likely N-dealkylation sites (tertiary alicyclic amines) is 1. The number of hydrogen-bond donors (Lipinski definition) is 1. The van der Waals surface area contributed by atoms with Gasteiger partial charge in [0.2, 0.25) is 11.5 Å². The Hall–Kier alpha value is -5.01. The van der Waals surface area contributed by atoms with E-state index in [-0.39, 0.29) is 48.7 Å². The number of hydrogen-bond acceptors (Lipinski definition) is 8. The molecule has 1 aliphatic rings. The van der Waals surface area contributed by atoms with Crippen LogP contribution >= 0.6 is 0 Å². The standard InChI is InChI=1S/C27H28F2N6O6/c1-5-12-33(17-14-32(15-17)26(37)41-27(2,3)4)25-23(35(38)39)22(24(30)36)34(31-25)16-6-8-18(9-7-16)40-19-10-11-20(28)21(29)13-19/h5-11,13,17H,1,12,14-15H2,2-4H3,(H2,30,36). The molecule has 0 unspecified atom stereocenters. The molecule has 3 aromatic rings. The monoisotopic (exact) mass is 570 g/mol. The molecule has 2 amide bonds. The number of nitrogens with two attached hydrogens (primary N) is 1. The van der Waals surface area contributed by atoms with E-state index in [9.17, 15) is 28.5 Å². The van der Waals surface area contributed by atoms with Crippen molar-refractivity contribution in [3.8, 4) is 17.2 Å². The highest BCUT2D eigenvalue weighted by Crippen LogP contribution is 2.36. The molecular formula is C27H28F2N6O6. The fourth-order valence-electron chi connectivity index (χ4n) is 4.18. The largest absolute Gasteiger partial charge is 0.457 e. The van der Waals surface area contributed by atoms with Crippen LogP contribution < -0.4 is 15.4 Å². The van der Waals surface area contributed by atoms with Gasteiger partial charge in [-0.25, -0.2) is 18.3 Å². The van der Waals surface area contributed by atoms with Crippen molar-refractivity contribution in [3.05, 3.63) is 82.6 Å². The van der Waals surface area contributed by atoms with Crippen LogP contribution in [0.25, 0.3) is 5.69 Å². The summed E-state index contributed by atoms with van der Waals surface area (Å²) < 4.78 is 38.7. The molecule has 0 radical (unpaired) electrons. The molecule has 0 spiro atoms. The number of nitrogens with zero attached hydrogens (tertiary/aromatic N) is 5. The molecule has 0 aliphatic carbocycles. The SMILES string of the molecule is C=CCN(c1nn(-c2ccc(Oc3ccc(F)c(F)c3)cc2)c(C(N)=O)c1[N+](=O)[O-])C1CN(C(=O)OC(C)(C)C)C1. The van der Waals surface area contributed by atoms with Crippen LogP contribution in [0.3, 0.4) is 0 Å². The maximum atomic E-state index is 13.5. The van der Waals surface area contributed by atoms with E-state index < -0.39 is 45.5 Å². The zero-order valence-corrected chi connectivity index (χ0v) is 22.5. The number of benzene rings is 2. The molecule has 1 aromatic heterocycles. The summed E-state index contributed by atoms with van der Waals surface area (Å²) in [4.78, 5) is 39.4. The van der Waals surface area contributed by atoms with Gasteiger partial charge < -0.3 is 25.0 Å². The highest BCUT2D eigenvalue weighted by atomic mass is 19.2. The van der Waals surface area contributed by atoms with E-state index in [0.29, 0.717) is 0 Å². The van der Waals surface area contributed by atoms with Gasteiger partial charge in [-0.3, -0.25) is 14.9 Å². The molecule has 14 heteroatoms. The van der Waals surface area contributed by atoms with Gasteiger partial charge in [-0.1, -0.05) is 6.08 Å². The molecule has 0 saturated carbocycles. The Morgan fingerprint density at radius 1 is 1.17 bits per heavy atom. The maximum absolute atomic E-state index is 13.5. The highest BCUT2D eigenvalue weighted by Gasteiger charge is 2.42. The third-order valence-electron chi connectivity index (χ3n) is 6.02. The van der Waals surface area contributed by atoms with Crippen molar-refractivity contribution in [1.29, 1.82) is 0 Å². The number of carbonyl (C=O) groups excluding carboxylic acids is 2. The average molecular weight is 571 g/mol. The second-order valence-corrected chi connectivity index (χ2v) is 10.2. The van der Waals surface area contributed by atoms with Gasteiger partial charge in [0, 0.05) is 25.7 Å². The number of primary amides is 1. The van der Waals surface area contributed by atoms with Crippen LogP contribution in [0.15, 0.2) is 55.1 Å². The molecule has 12 nitrogen and oxygen atoms in total. The van der Waals surface area contributed by atoms with E-state index in [1.165, 1.54) is 41.3 Å². The van der Waals surface area contributed by atoms with Gasteiger partial charge >= 0.3 is 11.8 Å². The van der Waals surface area contributed by atoms with Gasteiger partial charge in [0.15, 0.2) is 11.6 Å². The van der Waals surface area contributed by atoms with Crippen molar-refractivity contribution in [1.82, 2.24) is 14.7 Å². The average Bonchev–Trinajstić information content (AvgIpc) is 3.25. The summed E-state index contributed by atoms with van der Waals surface area (Å²) >= 11 is 0. The Kier molecular flexibility index (Phi) is 7.94. The second-order valence-electron chi connectivity index (χ2n) is 10.2. The third kappa shape index (κ3) is 6.26. The minimum absolute atomic E-state index is 0.0486. The summed E-state index contributed by atoms with van der Waals surface area (Å²) in [5.74, 6) is -3.02. The van der Waals surface area contributed by atoms with Crippen LogP contribution in [0.1, 0.15) is 31.3 Å². The van der Waals surface area contributed by atoms with Crippen LogP contribution in [0.4, 0.5) is 25.1 Å². The second kappa shape index (κ2) is 11.2. The quantitative estimate of drug-likeness (QED) is 0.224. The molecule has 0 atom stereocenters. The minimum Gasteiger partial charge on any atom is -0.457 e. The van der Waals surface area contributed by atoms with E-state index in [0.717, 1.165) is 16.8 Å². The predicted molar refractivity (Wildman–Crippen MR) is 144 cm³/mol. The molecule has 2 aromatic carbocycles. The lowest BCUT2D eigenvalue weighted by Crippen LogP contribution is -2.62.